The third-order valence-corrected chi connectivity index (χ3v) is 3.98. The Labute approximate surface area is 128 Å². The van der Waals surface area contributed by atoms with Crippen molar-refractivity contribution in [1.29, 1.82) is 0 Å². The maximum Gasteiger partial charge on any atom is 0.0367 e. The predicted octanol–water partition coefficient (Wildman–Crippen LogP) is 3.95. The van der Waals surface area contributed by atoms with Crippen molar-refractivity contribution in [3.63, 3.8) is 0 Å². The molecular formula is C19H26N2. The van der Waals surface area contributed by atoms with Gasteiger partial charge in [0.15, 0.2) is 0 Å². The number of rotatable bonds is 5. The maximum atomic E-state index is 6.15. The standard InChI is InChI=1S/C19H26N2/c1-14(2)19(20)12-15-8-10-16(11-9-15)17-6-5-7-18(13-17)21(3)4/h5-11,13-14,19H,12,20H2,1-4H3. The van der Waals surface area contributed by atoms with E-state index in [2.05, 4.69) is 81.4 Å². The minimum Gasteiger partial charge on any atom is -0.378 e. The van der Waals surface area contributed by atoms with Crippen LogP contribution in [0, 0.1) is 5.92 Å². The molecule has 0 amide bonds. The third kappa shape index (κ3) is 4.08. The Morgan fingerprint density at radius 3 is 2.19 bits per heavy atom. The Kier molecular flexibility index (Phi) is 5.03. The molecule has 2 rings (SSSR count). The lowest BCUT2D eigenvalue weighted by molar-refractivity contribution is 0.490. The van der Waals surface area contributed by atoms with E-state index in [1.807, 2.05) is 0 Å². The van der Waals surface area contributed by atoms with E-state index in [-0.39, 0.29) is 6.04 Å². The first kappa shape index (κ1) is 15.6. The normalized spacial score (nSPS) is 12.5. The fraction of sp³-hybridized carbons (Fsp3) is 0.368. The zero-order valence-corrected chi connectivity index (χ0v) is 13.5. The summed E-state index contributed by atoms with van der Waals surface area (Å²) < 4.78 is 0. The van der Waals surface area contributed by atoms with Crippen LogP contribution in [0.2, 0.25) is 0 Å². The van der Waals surface area contributed by atoms with E-state index in [4.69, 9.17) is 5.73 Å². The summed E-state index contributed by atoms with van der Waals surface area (Å²) in [4.78, 5) is 2.12. The van der Waals surface area contributed by atoms with Crippen molar-refractivity contribution in [2.24, 2.45) is 11.7 Å². The van der Waals surface area contributed by atoms with Crippen LogP contribution in [0.5, 0.6) is 0 Å². The molecule has 1 atom stereocenters. The molecule has 21 heavy (non-hydrogen) atoms. The molecule has 2 N–H and O–H groups in total. The van der Waals surface area contributed by atoms with Gasteiger partial charge in [0.25, 0.3) is 0 Å². The van der Waals surface area contributed by atoms with Crippen LogP contribution < -0.4 is 10.6 Å². The van der Waals surface area contributed by atoms with Crippen molar-refractivity contribution in [3.05, 3.63) is 54.1 Å². The summed E-state index contributed by atoms with van der Waals surface area (Å²) >= 11 is 0. The second-order valence-electron chi connectivity index (χ2n) is 6.25. The molecule has 0 fully saturated rings. The quantitative estimate of drug-likeness (QED) is 0.900. The van der Waals surface area contributed by atoms with Crippen molar-refractivity contribution < 1.29 is 0 Å². The summed E-state index contributed by atoms with van der Waals surface area (Å²) in [6.07, 6.45) is 0.940. The van der Waals surface area contributed by atoms with E-state index < -0.39 is 0 Å². The number of nitrogens with two attached hydrogens (primary N) is 1. The minimum absolute atomic E-state index is 0.230. The van der Waals surface area contributed by atoms with E-state index in [1.54, 1.807) is 0 Å². The van der Waals surface area contributed by atoms with Gasteiger partial charge in [0.1, 0.15) is 0 Å². The molecule has 0 heterocycles. The van der Waals surface area contributed by atoms with Gasteiger partial charge in [0.2, 0.25) is 0 Å². The molecule has 0 radical (unpaired) electrons. The van der Waals surface area contributed by atoms with Gasteiger partial charge < -0.3 is 10.6 Å². The highest BCUT2D eigenvalue weighted by Crippen LogP contribution is 2.24. The number of benzene rings is 2. The lowest BCUT2D eigenvalue weighted by Crippen LogP contribution is -2.28. The molecule has 2 aromatic rings. The molecule has 2 nitrogen and oxygen atoms in total. The molecular weight excluding hydrogens is 256 g/mol. The molecule has 0 spiro atoms. The number of hydrogen-bond acceptors (Lipinski definition) is 2. The topological polar surface area (TPSA) is 29.3 Å². The Morgan fingerprint density at radius 1 is 0.952 bits per heavy atom. The van der Waals surface area contributed by atoms with E-state index in [0.29, 0.717) is 5.92 Å². The molecule has 0 saturated carbocycles. The molecule has 0 saturated heterocycles. The van der Waals surface area contributed by atoms with Crippen molar-refractivity contribution in [1.82, 2.24) is 0 Å². The summed E-state index contributed by atoms with van der Waals surface area (Å²) in [5, 5.41) is 0. The molecule has 2 heteroatoms. The highest BCUT2D eigenvalue weighted by molar-refractivity contribution is 5.68. The average molecular weight is 282 g/mol. The van der Waals surface area contributed by atoms with Crippen LogP contribution in [-0.2, 0) is 6.42 Å². The van der Waals surface area contributed by atoms with Gasteiger partial charge in [-0.25, -0.2) is 0 Å². The molecule has 0 bridgehead atoms. The smallest absolute Gasteiger partial charge is 0.0367 e. The van der Waals surface area contributed by atoms with Crippen LogP contribution in [0.15, 0.2) is 48.5 Å². The monoisotopic (exact) mass is 282 g/mol. The maximum absolute atomic E-state index is 6.15. The van der Waals surface area contributed by atoms with Gasteiger partial charge in [-0.2, -0.15) is 0 Å². The Morgan fingerprint density at radius 2 is 1.62 bits per heavy atom. The zero-order chi connectivity index (χ0) is 15.4. The predicted molar refractivity (Wildman–Crippen MR) is 92.7 cm³/mol. The van der Waals surface area contributed by atoms with Crippen LogP contribution in [0.4, 0.5) is 5.69 Å². The molecule has 0 aliphatic rings. The van der Waals surface area contributed by atoms with E-state index >= 15 is 0 Å². The summed E-state index contributed by atoms with van der Waals surface area (Å²) in [7, 11) is 4.13. The first-order valence-electron chi connectivity index (χ1n) is 7.59. The Bertz CT molecular complexity index is 570. The largest absolute Gasteiger partial charge is 0.378 e. The molecule has 2 aromatic carbocycles. The first-order chi connectivity index (χ1) is 9.97. The fourth-order valence-corrected chi connectivity index (χ4v) is 2.30. The molecule has 0 aliphatic heterocycles. The average Bonchev–Trinajstić information content (AvgIpc) is 2.48. The second kappa shape index (κ2) is 6.77. The number of anilines is 1. The Hall–Kier alpha value is -1.80. The number of nitrogens with zero attached hydrogens (tertiary/aromatic N) is 1. The van der Waals surface area contributed by atoms with E-state index in [9.17, 15) is 0 Å². The summed E-state index contributed by atoms with van der Waals surface area (Å²) in [5.41, 5.74) is 11.2. The first-order valence-corrected chi connectivity index (χ1v) is 7.59. The second-order valence-corrected chi connectivity index (χ2v) is 6.25. The van der Waals surface area contributed by atoms with Gasteiger partial charge >= 0.3 is 0 Å². The van der Waals surface area contributed by atoms with Gasteiger partial charge in [0.05, 0.1) is 0 Å². The van der Waals surface area contributed by atoms with Gasteiger partial charge in [-0.05, 0) is 41.2 Å². The van der Waals surface area contributed by atoms with Gasteiger partial charge in [0, 0.05) is 25.8 Å². The lowest BCUT2D eigenvalue weighted by atomic mass is 9.96. The van der Waals surface area contributed by atoms with Crippen molar-refractivity contribution in [2.75, 3.05) is 19.0 Å². The van der Waals surface area contributed by atoms with Gasteiger partial charge in [-0.3, -0.25) is 0 Å². The van der Waals surface area contributed by atoms with Crippen LogP contribution in [0.3, 0.4) is 0 Å². The van der Waals surface area contributed by atoms with Crippen LogP contribution in [0.1, 0.15) is 19.4 Å². The molecule has 1 unspecified atom stereocenters. The highest BCUT2D eigenvalue weighted by atomic mass is 15.1. The summed E-state index contributed by atoms with van der Waals surface area (Å²) in [6, 6.07) is 17.6. The molecule has 0 aliphatic carbocycles. The minimum atomic E-state index is 0.230. The summed E-state index contributed by atoms with van der Waals surface area (Å²) in [5.74, 6) is 0.515. The third-order valence-electron chi connectivity index (χ3n) is 3.98. The van der Waals surface area contributed by atoms with Crippen LogP contribution in [-0.4, -0.2) is 20.1 Å². The zero-order valence-electron chi connectivity index (χ0n) is 13.5. The SMILES string of the molecule is CC(C)C(N)Cc1ccc(-c2cccc(N(C)C)c2)cc1. The number of hydrogen-bond donors (Lipinski definition) is 1. The van der Waals surface area contributed by atoms with Crippen molar-refractivity contribution in [3.8, 4) is 11.1 Å². The molecule has 0 aromatic heterocycles. The van der Waals surface area contributed by atoms with E-state index in [0.717, 1.165) is 6.42 Å². The van der Waals surface area contributed by atoms with Crippen LogP contribution >= 0.6 is 0 Å². The molecule has 112 valence electrons. The van der Waals surface area contributed by atoms with Crippen molar-refractivity contribution >= 4 is 5.69 Å². The van der Waals surface area contributed by atoms with Gasteiger partial charge in [-0.15, -0.1) is 0 Å². The highest BCUT2D eigenvalue weighted by Gasteiger charge is 2.08. The van der Waals surface area contributed by atoms with Gasteiger partial charge in [-0.1, -0.05) is 50.2 Å². The van der Waals surface area contributed by atoms with E-state index in [1.165, 1.54) is 22.4 Å². The lowest BCUT2D eigenvalue weighted by Gasteiger charge is -2.16. The Balaban J connectivity index is 2.17. The fourth-order valence-electron chi connectivity index (χ4n) is 2.30. The van der Waals surface area contributed by atoms with Crippen LogP contribution in [0.25, 0.3) is 11.1 Å². The summed E-state index contributed by atoms with van der Waals surface area (Å²) in [6.45, 7) is 4.34. The van der Waals surface area contributed by atoms with Crippen molar-refractivity contribution in [2.45, 2.75) is 26.3 Å².